The Labute approximate surface area is 164 Å². The van der Waals surface area contributed by atoms with Crippen molar-refractivity contribution in [2.45, 2.75) is 11.6 Å². The molecule has 1 aliphatic rings. The topological polar surface area (TPSA) is 50.5 Å². The van der Waals surface area contributed by atoms with Gasteiger partial charge in [-0.3, -0.25) is 4.90 Å². The van der Waals surface area contributed by atoms with Gasteiger partial charge in [0, 0.05) is 45.6 Å². The third kappa shape index (κ3) is 3.58. The molecule has 27 heavy (non-hydrogen) atoms. The molecule has 1 aliphatic heterocycles. The van der Waals surface area contributed by atoms with Crippen LogP contribution in [0.25, 0.3) is 10.8 Å². The highest BCUT2D eigenvalue weighted by atomic mass is 32.2. The van der Waals surface area contributed by atoms with Crippen molar-refractivity contribution in [2.24, 2.45) is 7.05 Å². The zero-order valence-corrected chi connectivity index (χ0v) is 16.8. The Bertz CT molecular complexity index is 1130. The number of hydrogen-bond donors (Lipinski definition) is 0. The van der Waals surface area contributed by atoms with Gasteiger partial charge in [0.15, 0.2) is 4.77 Å². The number of benzene rings is 2. The standard InChI is InChI=1S/C19H22N4O2S2/c1-20-8-11-22(19(20)26)15-21-9-12-23(13-10-21)27(24,25)18-7-6-16-4-2-3-5-17(16)14-18/h2-8,11,14H,9-10,12-13,15H2,1H3. The summed E-state index contributed by atoms with van der Waals surface area (Å²) in [5.74, 6) is 0. The Balaban J connectivity index is 1.47. The molecule has 1 aromatic heterocycles. The Kier molecular flexibility index (Phi) is 4.90. The number of aromatic nitrogens is 2. The number of aryl methyl sites for hydroxylation is 1. The molecule has 0 spiro atoms. The molecule has 0 aliphatic carbocycles. The van der Waals surface area contributed by atoms with E-state index in [0.29, 0.717) is 37.7 Å². The smallest absolute Gasteiger partial charge is 0.243 e. The Morgan fingerprint density at radius 2 is 1.67 bits per heavy atom. The van der Waals surface area contributed by atoms with Crippen LogP contribution in [-0.2, 0) is 23.7 Å². The van der Waals surface area contributed by atoms with Crippen LogP contribution in [0.15, 0.2) is 59.8 Å². The summed E-state index contributed by atoms with van der Waals surface area (Å²) in [6.07, 6.45) is 3.89. The number of hydrogen-bond acceptors (Lipinski definition) is 4. The number of nitrogens with zero attached hydrogens (tertiary/aromatic N) is 4. The largest absolute Gasteiger partial charge is 0.327 e. The molecule has 0 radical (unpaired) electrons. The highest BCUT2D eigenvalue weighted by molar-refractivity contribution is 7.89. The molecule has 0 atom stereocenters. The van der Waals surface area contributed by atoms with Crippen LogP contribution >= 0.6 is 12.2 Å². The number of sulfonamides is 1. The summed E-state index contributed by atoms with van der Waals surface area (Å²) in [7, 11) is -1.56. The Morgan fingerprint density at radius 1 is 0.963 bits per heavy atom. The van der Waals surface area contributed by atoms with Crippen LogP contribution in [0.1, 0.15) is 0 Å². The first-order valence-electron chi connectivity index (χ1n) is 8.88. The van der Waals surface area contributed by atoms with E-state index in [2.05, 4.69) is 4.90 Å². The van der Waals surface area contributed by atoms with Gasteiger partial charge in [-0.1, -0.05) is 30.3 Å². The van der Waals surface area contributed by atoms with E-state index in [1.807, 2.05) is 58.9 Å². The summed E-state index contributed by atoms with van der Waals surface area (Å²) in [6, 6.07) is 13.1. The lowest BCUT2D eigenvalue weighted by Crippen LogP contribution is -2.48. The molecule has 0 unspecified atom stereocenters. The fourth-order valence-corrected chi connectivity index (χ4v) is 5.06. The van der Waals surface area contributed by atoms with Gasteiger partial charge < -0.3 is 9.13 Å². The van der Waals surface area contributed by atoms with Crippen molar-refractivity contribution >= 4 is 33.0 Å². The maximum atomic E-state index is 13.0. The van der Waals surface area contributed by atoms with Crippen molar-refractivity contribution in [3.63, 3.8) is 0 Å². The van der Waals surface area contributed by atoms with Crippen molar-refractivity contribution in [2.75, 3.05) is 26.2 Å². The fraction of sp³-hybridized carbons (Fsp3) is 0.316. The lowest BCUT2D eigenvalue weighted by atomic mass is 10.1. The molecule has 0 amide bonds. The lowest BCUT2D eigenvalue weighted by Gasteiger charge is -2.34. The molecule has 1 saturated heterocycles. The lowest BCUT2D eigenvalue weighted by molar-refractivity contribution is 0.151. The molecule has 142 valence electrons. The van der Waals surface area contributed by atoms with Crippen LogP contribution in [0.5, 0.6) is 0 Å². The third-order valence-corrected chi connectivity index (χ3v) is 7.48. The van der Waals surface area contributed by atoms with Gasteiger partial charge in [-0.2, -0.15) is 4.31 Å². The number of piperazine rings is 1. The molecule has 0 N–H and O–H groups in total. The van der Waals surface area contributed by atoms with Gasteiger partial charge in [0.1, 0.15) is 0 Å². The SMILES string of the molecule is Cn1ccn(CN2CCN(S(=O)(=O)c3ccc4ccccc4c3)CC2)c1=S. The molecule has 4 rings (SSSR count). The summed E-state index contributed by atoms with van der Waals surface area (Å²) in [5.41, 5.74) is 0. The molecule has 2 aromatic carbocycles. The monoisotopic (exact) mass is 402 g/mol. The maximum absolute atomic E-state index is 13.0. The van der Waals surface area contributed by atoms with Crippen LogP contribution in [0.3, 0.4) is 0 Å². The molecule has 8 heteroatoms. The Morgan fingerprint density at radius 3 is 2.33 bits per heavy atom. The number of rotatable bonds is 4. The van der Waals surface area contributed by atoms with Crippen LogP contribution < -0.4 is 0 Å². The number of fused-ring (bicyclic) bond motifs is 1. The second-order valence-electron chi connectivity index (χ2n) is 6.83. The molecular formula is C19H22N4O2S2. The van der Waals surface area contributed by atoms with E-state index in [1.165, 1.54) is 0 Å². The molecule has 3 aromatic rings. The molecule has 1 fully saturated rings. The van der Waals surface area contributed by atoms with Gasteiger partial charge in [-0.15, -0.1) is 0 Å². The van der Waals surface area contributed by atoms with Gasteiger partial charge >= 0.3 is 0 Å². The van der Waals surface area contributed by atoms with Gasteiger partial charge in [-0.25, -0.2) is 8.42 Å². The maximum Gasteiger partial charge on any atom is 0.243 e. The van der Waals surface area contributed by atoms with Crippen molar-refractivity contribution in [3.05, 3.63) is 59.6 Å². The second-order valence-corrected chi connectivity index (χ2v) is 9.14. The van der Waals surface area contributed by atoms with Crippen molar-refractivity contribution in [1.29, 1.82) is 0 Å². The van der Waals surface area contributed by atoms with E-state index in [0.717, 1.165) is 15.5 Å². The summed E-state index contributed by atoms with van der Waals surface area (Å²) >= 11 is 5.37. The normalized spacial score (nSPS) is 16.8. The van der Waals surface area contributed by atoms with Gasteiger partial charge in [0.2, 0.25) is 10.0 Å². The van der Waals surface area contributed by atoms with Crippen molar-refractivity contribution in [3.8, 4) is 0 Å². The summed E-state index contributed by atoms with van der Waals surface area (Å²) in [4.78, 5) is 2.59. The van der Waals surface area contributed by atoms with Gasteiger partial charge in [-0.05, 0) is 35.1 Å². The van der Waals surface area contributed by atoms with Gasteiger partial charge in [0.05, 0.1) is 11.6 Å². The van der Waals surface area contributed by atoms with Crippen LogP contribution in [-0.4, -0.2) is 52.9 Å². The van der Waals surface area contributed by atoms with E-state index < -0.39 is 10.0 Å². The number of imidazole rings is 1. The fourth-order valence-electron chi connectivity index (χ4n) is 3.42. The van der Waals surface area contributed by atoms with Gasteiger partial charge in [0.25, 0.3) is 0 Å². The first-order valence-corrected chi connectivity index (χ1v) is 10.7. The predicted octanol–water partition coefficient (Wildman–Crippen LogP) is 2.67. The highest BCUT2D eigenvalue weighted by Crippen LogP contribution is 2.23. The molecular weight excluding hydrogens is 380 g/mol. The zero-order valence-electron chi connectivity index (χ0n) is 15.2. The van der Waals surface area contributed by atoms with Crippen LogP contribution in [0, 0.1) is 4.77 Å². The molecule has 0 saturated carbocycles. The molecule has 2 heterocycles. The predicted molar refractivity (Wildman–Crippen MR) is 109 cm³/mol. The quantitative estimate of drug-likeness (QED) is 0.630. The molecule has 6 nitrogen and oxygen atoms in total. The summed E-state index contributed by atoms with van der Waals surface area (Å²) in [5, 5.41) is 1.98. The van der Waals surface area contributed by atoms with Crippen molar-refractivity contribution in [1.82, 2.24) is 18.3 Å². The zero-order chi connectivity index (χ0) is 19.0. The van der Waals surface area contributed by atoms with E-state index in [-0.39, 0.29) is 0 Å². The average Bonchev–Trinajstić information content (AvgIpc) is 3.00. The van der Waals surface area contributed by atoms with E-state index in [4.69, 9.17) is 12.2 Å². The van der Waals surface area contributed by atoms with E-state index >= 15 is 0 Å². The third-order valence-electron chi connectivity index (χ3n) is 5.06. The Hall–Kier alpha value is -2.00. The van der Waals surface area contributed by atoms with Crippen molar-refractivity contribution < 1.29 is 8.42 Å². The van der Waals surface area contributed by atoms with E-state index in [9.17, 15) is 8.42 Å². The first kappa shape index (κ1) is 18.4. The van der Waals surface area contributed by atoms with Crippen LogP contribution in [0.4, 0.5) is 0 Å². The summed E-state index contributed by atoms with van der Waals surface area (Å²) < 4.78 is 32.3. The first-order chi connectivity index (χ1) is 12.9. The van der Waals surface area contributed by atoms with Crippen LogP contribution in [0.2, 0.25) is 0 Å². The highest BCUT2D eigenvalue weighted by Gasteiger charge is 2.28. The second kappa shape index (κ2) is 7.20. The van der Waals surface area contributed by atoms with E-state index in [1.54, 1.807) is 16.4 Å². The minimum absolute atomic E-state index is 0.361. The minimum atomic E-state index is -3.48. The minimum Gasteiger partial charge on any atom is -0.327 e. The molecule has 0 bridgehead atoms. The average molecular weight is 403 g/mol. The summed E-state index contributed by atoms with van der Waals surface area (Å²) in [6.45, 7) is 3.02.